The molecule has 1 unspecified atom stereocenters. The van der Waals surface area contributed by atoms with Crippen LogP contribution in [0.1, 0.15) is 53.4 Å². The first kappa shape index (κ1) is 20.6. The van der Waals surface area contributed by atoms with Crippen molar-refractivity contribution in [2.45, 2.75) is 40.0 Å². The smallest absolute Gasteiger partial charge is 0.311 e. The number of nitrogens with zero attached hydrogens (tertiary/aromatic N) is 1. The van der Waals surface area contributed by atoms with Crippen LogP contribution in [-0.2, 0) is 4.79 Å². The summed E-state index contributed by atoms with van der Waals surface area (Å²) in [6.07, 6.45) is 0.613. The Balaban J connectivity index is 2.35. The first-order valence-corrected chi connectivity index (χ1v) is 9.54. The second kappa shape index (κ2) is 7.70. The molecule has 5 nitrogen and oxygen atoms in total. The number of aryl methyl sites for hydroxylation is 1. The Morgan fingerprint density at radius 3 is 2.31 bits per heavy atom. The minimum atomic E-state index is -1.02. The van der Waals surface area contributed by atoms with Gasteiger partial charge in [-0.3, -0.25) is 14.2 Å². The van der Waals surface area contributed by atoms with Crippen LogP contribution in [0.2, 0.25) is 0 Å². The molecule has 0 amide bonds. The lowest BCUT2D eigenvalue weighted by Crippen LogP contribution is -2.21. The highest BCUT2D eigenvalue weighted by molar-refractivity contribution is 6.05. The molecule has 2 N–H and O–H groups in total. The number of carboxylic acids is 1. The quantitative estimate of drug-likeness (QED) is 0.635. The number of fused-ring (bicyclic) bond motifs is 1. The molecule has 0 spiro atoms. The van der Waals surface area contributed by atoms with Gasteiger partial charge in [0.15, 0.2) is 11.6 Å². The van der Waals surface area contributed by atoms with Gasteiger partial charge in [-0.25, -0.2) is 4.39 Å². The average Bonchev–Trinajstić information content (AvgIpc) is 2.93. The summed E-state index contributed by atoms with van der Waals surface area (Å²) in [5, 5.41) is 20.2. The summed E-state index contributed by atoms with van der Waals surface area (Å²) < 4.78 is 15.5. The molecule has 0 aliphatic rings. The van der Waals surface area contributed by atoms with E-state index in [1.165, 1.54) is 10.6 Å². The average molecular weight is 397 g/mol. The molecule has 0 saturated carbocycles. The molecular weight excluding hydrogens is 373 g/mol. The van der Waals surface area contributed by atoms with Crippen molar-refractivity contribution < 1.29 is 24.2 Å². The van der Waals surface area contributed by atoms with Gasteiger partial charge in [0.05, 0.1) is 11.4 Å². The van der Waals surface area contributed by atoms with Crippen LogP contribution < -0.4 is 0 Å². The van der Waals surface area contributed by atoms with E-state index in [2.05, 4.69) is 0 Å². The lowest BCUT2D eigenvalue weighted by Gasteiger charge is -2.20. The van der Waals surface area contributed by atoms with Gasteiger partial charge in [-0.05, 0) is 43.5 Å². The molecule has 0 aliphatic carbocycles. The maximum absolute atomic E-state index is 14.2. The fraction of sp³-hybridized carbons (Fsp3) is 0.304. The van der Waals surface area contributed by atoms with E-state index in [0.29, 0.717) is 28.6 Å². The molecule has 0 saturated heterocycles. The number of halogens is 1. The normalized spacial score (nSPS) is 13.4. The van der Waals surface area contributed by atoms with Crippen molar-refractivity contribution in [3.8, 4) is 5.75 Å². The molecule has 2 atom stereocenters. The number of phenolic OH excluding ortho intramolecular Hbond substituents is 1. The van der Waals surface area contributed by atoms with Crippen molar-refractivity contribution >= 4 is 22.8 Å². The molecular formula is C23H24FNO4. The lowest BCUT2D eigenvalue weighted by molar-refractivity contribution is -0.140. The first-order chi connectivity index (χ1) is 13.7. The minimum Gasteiger partial charge on any atom is -0.505 e. The maximum Gasteiger partial charge on any atom is 0.311 e. The number of hydrogen-bond donors (Lipinski definition) is 2. The number of rotatable bonds is 5. The van der Waals surface area contributed by atoms with E-state index in [0.717, 1.165) is 11.6 Å². The van der Waals surface area contributed by atoms with Crippen molar-refractivity contribution in [3.63, 3.8) is 0 Å². The summed E-state index contributed by atoms with van der Waals surface area (Å²) in [7, 11) is 0. The topological polar surface area (TPSA) is 79.5 Å². The van der Waals surface area contributed by atoms with Crippen LogP contribution >= 0.6 is 0 Å². The van der Waals surface area contributed by atoms with Gasteiger partial charge in [-0.1, -0.05) is 38.0 Å². The second-order valence-corrected chi connectivity index (χ2v) is 7.53. The van der Waals surface area contributed by atoms with Crippen molar-refractivity contribution in [3.05, 3.63) is 64.6 Å². The Hall–Kier alpha value is -3.15. The molecule has 0 bridgehead atoms. The maximum atomic E-state index is 14.2. The van der Waals surface area contributed by atoms with E-state index >= 15 is 0 Å². The summed E-state index contributed by atoms with van der Waals surface area (Å²) in [5.74, 6) is -3.95. The third-order valence-corrected chi connectivity index (χ3v) is 5.61. The fourth-order valence-corrected chi connectivity index (χ4v) is 3.81. The van der Waals surface area contributed by atoms with E-state index in [1.54, 1.807) is 31.2 Å². The zero-order valence-electron chi connectivity index (χ0n) is 16.9. The predicted molar refractivity (Wildman–Crippen MR) is 109 cm³/mol. The van der Waals surface area contributed by atoms with E-state index in [-0.39, 0.29) is 17.3 Å². The lowest BCUT2D eigenvalue weighted by atomic mass is 9.84. The Morgan fingerprint density at radius 2 is 1.76 bits per heavy atom. The van der Waals surface area contributed by atoms with Gasteiger partial charge in [-0.15, -0.1) is 0 Å². The molecule has 3 aromatic rings. The molecule has 0 aliphatic heterocycles. The number of aromatic nitrogens is 1. The number of benzene rings is 2. The van der Waals surface area contributed by atoms with Crippen LogP contribution in [0.5, 0.6) is 5.75 Å². The van der Waals surface area contributed by atoms with E-state index < -0.39 is 23.5 Å². The number of carbonyl (C=O) groups is 2. The first-order valence-electron chi connectivity index (χ1n) is 9.54. The summed E-state index contributed by atoms with van der Waals surface area (Å²) in [5.41, 5.74) is 2.51. The van der Waals surface area contributed by atoms with Gasteiger partial charge in [-0.2, -0.15) is 0 Å². The van der Waals surface area contributed by atoms with Crippen molar-refractivity contribution in [1.29, 1.82) is 0 Å². The zero-order chi connectivity index (χ0) is 21.5. The molecule has 1 aromatic heterocycles. The van der Waals surface area contributed by atoms with Crippen molar-refractivity contribution in [2.75, 3.05) is 0 Å². The second-order valence-electron chi connectivity index (χ2n) is 7.53. The largest absolute Gasteiger partial charge is 0.505 e. The molecule has 152 valence electrons. The number of aromatic hydroxyl groups is 1. The SMILES string of the molecule is CCC(C)[C@H](C(=O)O)c1c(C)n(C(=O)c2ccc(C)cc2)c2cc(F)c(O)cc12. The van der Waals surface area contributed by atoms with Gasteiger partial charge in [0.2, 0.25) is 0 Å². The molecule has 3 rings (SSSR count). The van der Waals surface area contributed by atoms with E-state index in [1.807, 2.05) is 20.8 Å². The molecule has 0 radical (unpaired) electrons. The summed E-state index contributed by atoms with van der Waals surface area (Å²) in [4.78, 5) is 25.4. The highest BCUT2D eigenvalue weighted by atomic mass is 19.1. The molecule has 2 aromatic carbocycles. The molecule has 6 heteroatoms. The van der Waals surface area contributed by atoms with Crippen LogP contribution in [-0.4, -0.2) is 26.7 Å². The van der Waals surface area contributed by atoms with Crippen molar-refractivity contribution in [1.82, 2.24) is 4.57 Å². The van der Waals surface area contributed by atoms with Crippen LogP contribution in [0.25, 0.3) is 10.9 Å². The third-order valence-electron chi connectivity index (χ3n) is 5.61. The van der Waals surface area contributed by atoms with Gasteiger partial charge >= 0.3 is 5.97 Å². The van der Waals surface area contributed by atoms with E-state index in [4.69, 9.17) is 0 Å². The van der Waals surface area contributed by atoms with Gasteiger partial charge in [0.25, 0.3) is 5.91 Å². The number of aliphatic carboxylic acids is 1. The Labute approximate surface area is 168 Å². The third kappa shape index (κ3) is 3.50. The summed E-state index contributed by atoms with van der Waals surface area (Å²) >= 11 is 0. The molecule has 29 heavy (non-hydrogen) atoms. The van der Waals surface area contributed by atoms with Gasteiger partial charge in [0.1, 0.15) is 0 Å². The highest BCUT2D eigenvalue weighted by Crippen LogP contribution is 2.39. The summed E-state index contributed by atoms with van der Waals surface area (Å²) in [6, 6.07) is 9.28. The Bertz CT molecular complexity index is 1100. The summed E-state index contributed by atoms with van der Waals surface area (Å²) in [6.45, 7) is 7.29. The molecule has 0 fully saturated rings. The number of phenols is 1. The Morgan fingerprint density at radius 1 is 1.14 bits per heavy atom. The van der Waals surface area contributed by atoms with Crippen LogP contribution in [0, 0.1) is 25.6 Å². The predicted octanol–water partition coefficient (Wildman–Crippen LogP) is 5.01. The zero-order valence-corrected chi connectivity index (χ0v) is 16.9. The fourth-order valence-electron chi connectivity index (χ4n) is 3.81. The van der Waals surface area contributed by atoms with E-state index in [9.17, 15) is 24.2 Å². The molecule has 1 heterocycles. The van der Waals surface area contributed by atoms with Crippen LogP contribution in [0.15, 0.2) is 36.4 Å². The Kier molecular flexibility index (Phi) is 5.46. The van der Waals surface area contributed by atoms with Crippen molar-refractivity contribution in [2.24, 2.45) is 5.92 Å². The van der Waals surface area contributed by atoms with Crippen LogP contribution in [0.3, 0.4) is 0 Å². The monoisotopic (exact) mass is 397 g/mol. The standard InChI is InChI=1S/C23H24FNO4/c1-5-13(3)20(23(28)29)21-14(4)25(18-11-17(24)19(26)10-16(18)21)22(27)15-8-6-12(2)7-9-15/h6-11,13,20,26H,5H2,1-4H3,(H,28,29)/t13?,20-/m0/s1. The number of carboxylic acid groups (broad SMARTS) is 1. The number of hydrogen-bond acceptors (Lipinski definition) is 3. The van der Waals surface area contributed by atoms with Gasteiger partial charge in [0, 0.05) is 22.7 Å². The number of carbonyl (C=O) groups excluding carboxylic acids is 1. The van der Waals surface area contributed by atoms with Gasteiger partial charge < -0.3 is 10.2 Å². The van der Waals surface area contributed by atoms with Crippen LogP contribution in [0.4, 0.5) is 4.39 Å². The highest BCUT2D eigenvalue weighted by Gasteiger charge is 2.33. The minimum absolute atomic E-state index is 0.216.